The van der Waals surface area contributed by atoms with Crippen molar-refractivity contribution in [2.75, 3.05) is 23.9 Å². The lowest BCUT2D eigenvalue weighted by atomic mass is 9.71. The molecule has 0 aliphatic heterocycles. The second-order valence-electron chi connectivity index (χ2n) is 11.6. The molecule has 2 aliphatic rings. The average Bonchev–Trinajstić information content (AvgIpc) is 3.49. The number of rotatable bonds is 12. The zero-order valence-corrected chi connectivity index (χ0v) is 27.5. The fraction of sp³-hybridized carbons (Fsp3) is 0.368. The molecule has 4 aromatic carbocycles. The molecule has 0 spiro atoms. The smallest absolute Gasteiger partial charge is 0.0431 e. The molecule has 2 aliphatic carbocycles. The van der Waals surface area contributed by atoms with Gasteiger partial charge in [-0.3, -0.25) is 0 Å². The highest BCUT2D eigenvalue weighted by molar-refractivity contribution is 9.09. The summed E-state index contributed by atoms with van der Waals surface area (Å²) in [7, 11) is 0. The molecule has 0 bridgehead atoms. The maximum absolute atomic E-state index is 9.31. The quantitative estimate of drug-likeness (QED) is 0.145. The van der Waals surface area contributed by atoms with Crippen molar-refractivity contribution in [2.24, 2.45) is 0 Å². The maximum Gasteiger partial charge on any atom is 0.0431 e. The van der Waals surface area contributed by atoms with Crippen LogP contribution in [-0.2, 0) is 10.8 Å². The monoisotopic (exact) mass is 688 g/mol. The van der Waals surface area contributed by atoms with E-state index in [1.54, 1.807) is 0 Å². The third-order valence-electron chi connectivity index (χ3n) is 9.35. The Morgan fingerprint density at radius 3 is 0.929 bits per heavy atom. The first-order valence-corrected chi connectivity index (χ1v) is 17.6. The van der Waals surface area contributed by atoms with E-state index in [-0.39, 0.29) is 24.0 Å². The highest BCUT2D eigenvalue weighted by atomic mass is 79.9. The topological polar surface area (TPSA) is 40.5 Å². The van der Waals surface area contributed by atoms with Crippen LogP contribution in [0.3, 0.4) is 0 Å². The van der Waals surface area contributed by atoms with Crippen LogP contribution in [0, 0.1) is 0 Å². The standard InChI is InChI=1S/C19H20Br2.C19H22O2/c2*20-13-5-11-19(12-6-14-21)17-9-3-1-7-15(17)16-8-2-4-10-18(16)19/h1-4,7-10H,5-6,11-14H2;1-4,7-10,20-21H,5-6,11-14H2. The lowest BCUT2D eigenvalue weighted by Crippen LogP contribution is -2.26. The highest BCUT2D eigenvalue weighted by Gasteiger charge is 2.42. The van der Waals surface area contributed by atoms with E-state index >= 15 is 0 Å². The van der Waals surface area contributed by atoms with Gasteiger partial charge in [-0.05, 0) is 95.9 Å². The summed E-state index contributed by atoms with van der Waals surface area (Å²) < 4.78 is 0. The number of hydrogen-bond acceptors (Lipinski definition) is 2. The Hall–Kier alpha value is -2.24. The second kappa shape index (κ2) is 14.5. The molecule has 4 heteroatoms. The zero-order chi connectivity index (χ0) is 29.4. The molecule has 2 nitrogen and oxygen atoms in total. The minimum Gasteiger partial charge on any atom is -0.396 e. The highest BCUT2D eigenvalue weighted by Crippen LogP contribution is 2.54. The van der Waals surface area contributed by atoms with Crippen molar-refractivity contribution in [3.63, 3.8) is 0 Å². The summed E-state index contributed by atoms with van der Waals surface area (Å²) in [6.45, 7) is 0.427. The molecule has 0 amide bonds. The first kappa shape index (κ1) is 31.2. The first-order chi connectivity index (χ1) is 20.7. The van der Waals surface area contributed by atoms with E-state index in [1.807, 2.05) is 0 Å². The third-order valence-corrected chi connectivity index (χ3v) is 10.5. The fourth-order valence-electron chi connectivity index (χ4n) is 7.66. The van der Waals surface area contributed by atoms with Crippen LogP contribution < -0.4 is 0 Å². The second-order valence-corrected chi connectivity index (χ2v) is 13.2. The molecule has 0 radical (unpaired) electrons. The van der Waals surface area contributed by atoms with Crippen LogP contribution in [0.25, 0.3) is 22.3 Å². The number of benzene rings is 4. The van der Waals surface area contributed by atoms with Crippen molar-refractivity contribution in [3.05, 3.63) is 119 Å². The van der Waals surface area contributed by atoms with E-state index in [0.29, 0.717) is 0 Å². The molecule has 0 aromatic heterocycles. The van der Waals surface area contributed by atoms with Crippen LogP contribution in [0.15, 0.2) is 97.1 Å². The van der Waals surface area contributed by atoms with Gasteiger partial charge in [-0.1, -0.05) is 129 Å². The predicted molar refractivity (Wildman–Crippen MR) is 184 cm³/mol. The van der Waals surface area contributed by atoms with Gasteiger partial charge in [0.2, 0.25) is 0 Å². The Balaban J connectivity index is 0.000000168. The molecule has 0 saturated heterocycles. The van der Waals surface area contributed by atoms with Gasteiger partial charge in [0.25, 0.3) is 0 Å². The number of fused-ring (bicyclic) bond motifs is 6. The molecule has 6 rings (SSSR count). The molecule has 0 unspecified atom stereocenters. The van der Waals surface area contributed by atoms with Crippen molar-refractivity contribution in [3.8, 4) is 22.3 Å². The van der Waals surface area contributed by atoms with Crippen molar-refractivity contribution in [2.45, 2.75) is 62.2 Å². The summed E-state index contributed by atoms with van der Waals surface area (Å²) in [6.07, 6.45) is 8.30. The SMILES string of the molecule is BrCCCC1(CCCBr)c2ccccc2-c2ccccc21.OCCCC1(CCCO)c2ccccc2-c2ccccc21. The molecule has 0 heterocycles. The van der Waals surface area contributed by atoms with Crippen LogP contribution in [0.4, 0.5) is 0 Å². The summed E-state index contributed by atoms with van der Waals surface area (Å²) in [5.74, 6) is 0. The number of hydrogen-bond donors (Lipinski definition) is 2. The van der Waals surface area contributed by atoms with Gasteiger partial charge in [0, 0.05) is 34.7 Å². The summed E-state index contributed by atoms with van der Waals surface area (Å²) in [5.41, 5.74) is 11.4. The summed E-state index contributed by atoms with van der Waals surface area (Å²) in [6, 6.07) is 35.2. The molecule has 0 fully saturated rings. The van der Waals surface area contributed by atoms with Gasteiger partial charge >= 0.3 is 0 Å². The molecular weight excluding hydrogens is 648 g/mol. The van der Waals surface area contributed by atoms with E-state index in [9.17, 15) is 10.2 Å². The van der Waals surface area contributed by atoms with E-state index in [4.69, 9.17) is 0 Å². The van der Waals surface area contributed by atoms with Gasteiger partial charge in [-0.2, -0.15) is 0 Å². The van der Waals surface area contributed by atoms with Crippen LogP contribution in [-0.4, -0.2) is 34.1 Å². The first-order valence-electron chi connectivity index (χ1n) is 15.4. The number of aliphatic hydroxyl groups excluding tert-OH is 2. The Morgan fingerprint density at radius 2 is 0.667 bits per heavy atom. The molecule has 220 valence electrons. The van der Waals surface area contributed by atoms with Gasteiger partial charge in [0.05, 0.1) is 0 Å². The van der Waals surface area contributed by atoms with E-state index in [0.717, 1.165) is 36.3 Å². The summed E-state index contributed by atoms with van der Waals surface area (Å²) in [5, 5.41) is 20.8. The van der Waals surface area contributed by atoms with Gasteiger partial charge < -0.3 is 10.2 Å². The molecule has 0 atom stereocenters. The lowest BCUT2D eigenvalue weighted by Gasteiger charge is -2.32. The predicted octanol–water partition coefficient (Wildman–Crippen LogP) is 9.80. The number of halogens is 2. The fourth-order valence-corrected chi connectivity index (χ4v) is 8.22. The van der Waals surface area contributed by atoms with Crippen molar-refractivity contribution in [1.82, 2.24) is 0 Å². The Labute approximate surface area is 268 Å². The minimum atomic E-state index is -0.0569. The average molecular weight is 691 g/mol. The Morgan fingerprint density at radius 1 is 0.405 bits per heavy atom. The molecule has 2 N–H and O–H groups in total. The van der Waals surface area contributed by atoms with Crippen molar-refractivity contribution >= 4 is 31.9 Å². The van der Waals surface area contributed by atoms with Crippen LogP contribution >= 0.6 is 31.9 Å². The van der Waals surface area contributed by atoms with E-state index in [1.165, 1.54) is 70.2 Å². The Kier molecular flexibility index (Phi) is 10.8. The largest absolute Gasteiger partial charge is 0.396 e. The number of alkyl halides is 2. The summed E-state index contributed by atoms with van der Waals surface area (Å²) in [4.78, 5) is 0. The van der Waals surface area contributed by atoms with Gasteiger partial charge in [-0.25, -0.2) is 0 Å². The van der Waals surface area contributed by atoms with Crippen LogP contribution in [0.2, 0.25) is 0 Å². The zero-order valence-electron chi connectivity index (χ0n) is 24.4. The normalized spacial score (nSPS) is 14.8. The molecular formula is C38H42Br2O2. The van der Waals surface area contributed by atoms with Gasteiger partial charge in [0.1, 0.15) is 0 Å². The number of aliphatic hydroxyl groups is 2. The molecule has 4 aromatic rings. The minimum absolute atomic E-state index is 0.0569. The van der Waals surface area contributed by atoms with E-state index < -0.39 is 0 Å². The lowest BCUT2D eigenvalue weighted by molar-refractivity contribution is 0.247. The van der Waals surface area contributed by atoms with E-state index in [2.05, 4.69) is 129 Å². The summed E-state index contributed by atoms with van der Waals surface area (Å²) >= 11 is 7.24. The Bertz CT molecular complexity index is 1240. The van der Waals surface area contributed by atoms with Crippen molar-refractivity contribution < 1.29 is 10.2 Å². The maximum atomic E-state index is 9.31. The van der Waals surface area contributed by atoms with Crippen LogP contribution in [0.5, 0.6) is 0 Å². The molecule has 42 heavy (non-hydrogen) atoms. The van der Waals surface area contributed by atoms with Crippen molar-refractivity contribution in [1.29, 1.82) is 0 Å². The van der Waals surface area contributed by atoms with Gasteiger partial charge in [0.15, 0.2) is 0 Å². The van der Waals surface area contributed by atoms with Gasteiger partial charge in [-0.15, -0.1) is 0 Å². The third kappa shape index (κ3) is 5.80. The van der Waals surface area contributed by atoms with Crippen LogP contribution in [0.1, 0.15) is 73.6 Å². The molecule has 0 saturated carbocycles.